The van der Waals surface area contributed by atoms with Crippen LogP contribution in [0, 0.1) is 0 Å². The van der Waals surface area contributed by atoms with E-state index in [9.17, 15) is 31.1 Å². The van der Waals surface area contributed by atoms with Crippen molar-refractivity contribution in [2.24, 2.45) is 0 Å². The third-order valence-electron chi connectivity index (χ3n) is 3.70. The molecule has 2 aromatic carbocycles. The van der Waals surface area contributed by atoms with Gasteiger partial charge in [-0.3, -0.25) is 10.1 Å². The molecule has 0 fully saturated rings. The van der Waals surface area contributed by atoms with Crippen LogP contribution in [0.1, 0.15) is 27.0 Å². The predicted molar refractivity (Wildman–Crippen MR) is 100 cm³/mol. The summed E-state index contributed by atoms with van der Waals surface area (Å²) in [6.45, 7) is 0. The van der Waals surface area contributed by atoms with E-state index in [0.717, 1.165) is 53.4 Å². The highest BCUT2D eigenvalue weighted by Crippen LogP contribution is 2.33. The van der Waals surface area contributed by atoms with Gasteiger partial charge in [-0.25, -0.2) is 0 Å². The second-order valence-electron chi connectivity index (χ2n) is 5.89. The summed E-state index contributed by atoms with van der Waals surface area (Å²) in [4.78, 5) is 12.2. The van der Waals surface area contributed by atoms with E-state index in [1.54, 1.807) is 6.07 Å². The molecule has 1 amide bonds. The van der Waals surface area contributed by atoms with Crippen LogP contribution in [0.5, 0.6) is 0 Å². The van der Waals surface area contributed by atoms with Gasteiger partial charge in [-0.05, 0) is 29.8 Å². The minimum Gasteiger partial charge on any atom is -0.296 e. The number of nitrogens with one attached hydrogen (secondary N) is 1. The maximum Gasteiger partial charge on any atom is 0.416 e. The van der Waals surface area contributed by atoms with Crippen LogP contribution in [0.15, 0.2) is 52.9 Å². The van der Waals surface area contributed by atoms with Crippen LogP contribution >= 0.6 is 23.1 Å². The normalized spacial score (nSPS) is 12.1. The standard InChI is InChI=1S/C18H11F6N3OS2/c19-17(20,21)12-5-1-3-10(7-12)9-29-16-27-26-15(30-16)25-14(28)11-4-2-6-13(8-11)18(22,23)24/h1-8H,9H2,(H,25,26,28). The Labute approximate surface area is 174 Å². The fourth-order valence-corrected chi connectivity index (χ4v) is 4.00. The van der Waals surface area contributed by atoms with Crippen LogP contribution in [0.4, 0.5) is 31.5 Å². The SMILES string of the molecule is O=C(Nc1nnc(SCc2cccc(C(F)(F)F)c2)s1)c1cccc(C(F)(F)F)c1. The van der Waals surface area contributed by atoms with E-state index in [-0.39, 0.29) is 16.4 Å². The number of hydrogen-bond donors (Lipinski definition) is 1. The predicted octanol–water partition coefficient (Wildman–Crippen LogP) is 6.12. The lowest BCUT2D eigenvalue weighted by Gasteiger charge is -2.08. The molecular weight excluding hydrogens is 452 g/mol. The van der Waals surface area contributed by atoms with E-state index in [1.165, 1.54) is 12.1 Å². The first-order valence-corrected chi connectivity index (χ1v) is 9.93. The Bertz CT molecular complexity index is 1050. The Kier molecular flexibility index (Phi) is 6.36. The number of carbonyl (C=O) groups is 1. The first-order chi connectivity index (χ1) is 14.0. The molecule has 0 saturated carbocycles. The van der Waals surface area contributed by atoms with Crippen molar-refractivity contribution in [3.63, 3.8) is 0 Å². The van der Waals surface area contributed by atoms with E-state index in [1.807, 2.05) is 0 Å². The van der Waals surface area contributed by atoms with Gasteiger partial charge in [-0.1, -0.05) is 47.4 Å². The van der Waals surface area contributed by atoms with E-state index in [4.69, 9.17) is 0 Å². The highest BCUT2D eigenvalue weighted by molar-refractivity contribution is 8.00. The van der Waals surface area contributed by atoms with Crippen LogP contribution in [-0.2, 0) is 18.1 Å². The summed E-state index contributed by atoms with van der Waals surface area (Å²) in [5, 5.41) is 9.98. The Morgan fingerprint density at radius 1 is 0.933 bits per heavy atom. The van der Waals surface area contributed by atoms with Crippen LogP contribution in [-0.4, -0.2) is 16.1 Å². The Balaban J connectivity index is 1.63. The summed E-state index contributed by atoms with van der Waals surface area (Å²) in [6.07, 6.45) is -9.02. The quantitative estimate of drug-likeness (QED) is 0.281. The van der Waals surface area contributed by atoms with Crippen LogP contribution in [0.2, 0.25) is 0 Å². The number of hydrogen-bond acceptors (Lipinski definition) is 5. The van der Waals surface area contributed by atoms with E-state index < -0.39 is 29.4 Å². The fourth-order valence-electron chi connectivity index (χ4n) is 2.31. The van der Waals surface area contributed by atoms with Gasteiger partial charge in [0, 0.05) is 11.3 Å². The maximum atomic E-state index is 12.8. The second-order valence-corrected chi connectivity index (χ2v) is 8.09. The second kappa shape index (κ2) is 8.64. The molecule has 3 rings (SSSR count). The molecule has 0 radical (unpaired) electrons. The molecule has 0 aliphatic carbocycles. The van der Waals surface area contributed by atoms with Crippen molar-refractivity contribution in [1.29, 1.82) is 0 Å². The molecule has 30 heavy (non-hydrogen) atoms. The molecule has 12 heteroatoms. The molecule has 0 aliphatic heterocycles. The number of aromatic nitrogens is 2. The molecule has 0 saturated heterocycles. The number of halogens is 6. The molecule has 0 unspecified atom stereocenters. The minimum atomic E-state index is -4.58. The zero-order valence-corrected chi connectivity index (χ0v) is 16.3. The van der Waals surface area contributed by atoms with Crippen molar-refractivity contribution < 1.29 is 31.1 Å². The van der Waals surface area contributed by atoms with E-state index in [2.05, 4.69) is 15.5 Å². The van der Waals surface area contributed by atoms with Crippen molar-refractivity contribution >= 4 is 34.1 Å². The number of nitrogens with zero attached hydrogens (tertiary/aromatic N) is 2. The summed E-state index contributed by atoms with van der Waals surface area (Å²) < 4.78 is 76.9. The summed E-state index contributed by atoms with van der Waals surface area (Å²) in [5.41, 5.74) is -1.48. The van der Waals surface area contributed by atoms with E-state index >= 15 is 0 Å². The number of benzene rings is 2. The van der Waals surface area contributed by atoms with Gasteiger partial charge in [0.05, 0.1) is 11.1 Å². The molecule has 1 heterocycles. The van der Waals surface area contributed by atoms with Gasteiger partial charge in [0.25, 0.3) is 5.91 Å². The van der Waals surface area contributed by atoms with Gasteiger partial charge in [0.15, 0.2) is 4.34 Å². The molecular formula is C18H11F6N3OS2. The van der Waals surface area contributed by atoms with Crippen molar-refractivity contribution in [2.75, 3.05) is 5.32 Å². The van der Waals surface area contributed by atoms with Crippen LogP contribution in [0.3, 0.4) is 0 Å². The number of alkyl halides is 6. The number of thioether (sulfide) groups is 1. The average molecular weight is 463 g/mol. The fraction of sp³-hybridized carbons (Fsp3) is 0.167. The third kappa shape index (κ3) is 5.72. The first kappa shape index (κ1) is 22.1. The topological polar surface area (TPSA) is 54.9 Å². The van der Waals surface area contributed by atoms with Crippen molar-refractivity contribution in [2.45, 2.75) is 22.4 Å². The van der Waals surface area contributed by atoms with Gasteiger partial charge in [-0.2, -0.15) is 26.3 Å². The van der Waals surface area contributed by atoms with Crippen LogP contribution in [0.25, 0.3) is 0 Å². The number of amides is 1. The minimum absolute atomic E-state index is 0.0592. The largest absolute Gasteiger partial charge is 0.416 e. The van der Waals surface area contributed by atoms with Crippen molar-refractivity contribution in [3.8, 4) is 0 Å². The molecule has 0 atom stereocenters. The zero-order chi connectivity index (χ0) is 21.9. The molecule has 0 spiro atoms. The van der Waals surface area contributed by atoms with Crippen molar-refractivity contribution in [1.82, 2.24) is 10.2 Å². The highest BCUT2D eigenvalue weighted by atomic mass is 32.2. The lowest BCUT2D eigenvalue weighted by Crippen LogP contribution is -2.13. The Morgan fingerprint density at radius 3 is 2.23 bits per heavy atom. The number of rotatable bonds is 5. The highest BCUT2D eigenvalue weighted by Gasteiger charge is 2.31. The van der Waals surface area contributed by atoms with Gasteiger partial charge < -0.3 is 0 Å². The summed E-state index contributed by atoms with van der Waals surface area (Å²) in [6, 6.07) is 8.77. The van der Waals surface area contributed by atoms with Gasteiger partial charge in [0.1, 0.15) is 0 Å². The molecule has 0 bridgehead atoms. The zero-order valence-electron chi connectivity index (χ0n) is 14.7. The summed E-state index contributed by atoms with van der Waals surface area (Å²) in [7, 11) is 0. The number of carbonyl (C=O) groups excluding carboxylic acids is 1. The first-order valence-electron chi connectivity index (χ1n) is 8.13. The molecule has 158 valence electrons. The van der Waals surface area contributed by atoms with Gasteiger partial charge >= 0.3 is 12.4 Å². The number of anilines is 1. The van der Waals surface area contributed by atoms with Gasteiger partial charge in [-0.15, -0.1) is 10.2 Å². The summed E-state index contributed by atoms with van der Waals surface area (Å²) in [5.74, 6) is -0.591. The molecule has 4 nitrogen and oxygen atoms in total. The molecule has 3 aromatic rings. The maximum absolute atomic E-state index is 12.8. The Hall–Kier alpha value is -2.60. The van der Waals surface area contributed by atoms with Crippen molar-refractivity contribution in [3.05, 3.63) is 70.8 Å². The monoisotopic (exact) mass is 463 g/mol. The van der Waals surface area contributed by atoms with E-state index in [0.29, 0.717) is 9.90 Å². The summed E-state index contributed by atoms with van der Waals surface area (Å²) >= 11 is 2.08. The average Bonchev–Trinajstić information content (AvgIpc) is 3.13. The molecule has 1 N–H and O–H groups in total. The third-order valence-corrected chi connectivity index (χ3v) is 5.74. The lowest BCUT2D eigenvalue weighted by atomic mass is 10.1. The Morgan fingerprint density at radius 2 is 1.57 bits per heavy atom. The molecule has 1 aromatic heterocycles. The lowest BCUT2D eigenvalue weighted by molar-refractivity contribution is -0.138. The van der Waals surface area contributed by atoms with Gasteiger partial charge in [0.2, 0.25) is 5.13 Å². The van der Waals surface area contributed by atoms with Crippen LogP contribution < -0.4 is 5.32 Å². The smallest absolute Gasteiger partial charge is 0.296 e. The molecule has 0 aliphatic rings.